The van der Waals surface area contributed by atoms with Gasteiger partial charge in [-0.2, -0.15) is 0 Å². The van der Waals surface area contributed by atoms with Crippen LogP contribution >= 0.6 is 11.3 Å². The van der Waals surface area contributed by atoms with Gasteiger partial charge in [0, 0.05) is 0 Å². The van der Waals surface area contributed by atoms with Crippen LogP contribution in [0.3, 0.4) is 0 Å². The summed E-state index contributed by atoms with van der Waals surface area (Å²) in [5.74, 6) is 0. The lowest BCUT2D eigenvalue weighted by molar-refractivity contribution is 0.307. The van der Waals surface area contributed by atoms with E-state index >= 15 is 0 Å². The first-order valence-corrected chi connectivity index (χ1v) is 7.91. The third-order valence-electron chi connectivity index (χ3n) is 2.55. The lowest BCUT2D eigenvalue weighted by atomic mass is 10.3. The van der Waals surface area contributed by atoms with Crippen molar-refractivity contribution in [2.45, 2.75) is 4.21 Å². The average molecular weight is 298 g/mol. The Morgan fingerprint density at radius 2 is 1.95 bits per heavy atom. The quantitative estimate of drug-likeness (QED) is 0.820. The molecule has 0 aliphatic carbocycles. The standard InChI is InChI=1S/C12H14N2O3S2/c13-10-4-1-2-5-11(10)14(7-8-15)19(16,17)12-6-3-9-18-12/h1-6,9,15H,7-8,13H2. The van der Waals surface area contributed by atoms with Gasteiger partial charge in [-0.15, -0.1) is 11.3 Å². The topological polar surface area (TPSA) is 83.6 Å². The number of para-hydroxylation sites is 2. The van der Waals surface area contributed by atoms with Crippen LogP contribution in [0, 0.1) is 0 Å². The van der Waals surface area contributed by atoms with Crippen molar-refractivity contribution in [2.75, 3.05) is 23.2 Å². The molecule has 0 atom stereocenters. The second-order valence-corrected chi connectivity index (χ2v) is 6.83. The van der Waals surface area contributed by atoms with E-state index in [0.29, 0.717) is 11.4 Å². The summed E-state index contributed by atoms with van der Waals surface area (Å²) in [6, 6.07) is 9.89. The minimum absolute atomic E-state index is 0.0333. The molecule has 0 amide bonds. The highest BCUT2D eigenvalue weighted by molar-refractivity contribution is 7.94. The number of hydrogen-bond acceptors (Lipinski definition) is 5. The number of sulfonamides is 1. The molecule has 0 radical (unpaired) electrons. The molecule has 0 unspecified atom stereocenters. The van der Waals surface area contributed by atoms with E-state index < -0.39 is 10.0 Å². The lowest BCUT2D eigenvalue weighted by Gasteiger charge is -2.24. The van der Waals surface area contributed by atoms with E-state index in [2.05, 4.69) is 0 Å². The van der Waals surface area contributed by atoms with Crippen molar-refractivity contribution in [3.63, 3.8) is 0 Å². The molecule has 7 heteroatoms. The number of hydrogen-bond donors (Lipinski definition) is 2. The Morgan fingerprint density at radius 1 is 1.21 bits per heavy atom. The molecule has 0 aliphatic rings. The molecule has 5 nitrogen and oxygen atoms in total. The summed E-state index contributed by atoms with van der Waals surface area (Å²) in [5, 5.41) is 10.8. The largest absolute Gasteiger partial charge is 0.397 e. The van der Waals surface area contributed by atoms with Crippen molar-refractivity contribution < 1.29 is 13.5 Å². The van der Waals surface area contributed by atoms with Crippen LogP contribution in [-0.4, -0.2) is 26.7 Å². The average Bonchev–Trinajstić information content (AvgIpc) is 2.91. The molecule has 2 rings (SSSR count). The van der Waals surface area contributed by atoms with Crippen LogP contribution < -0.4 is 10.0 Å². The van der Waals surface area contributed by atoms with Gasteiger partial charge in [0.25, 0.3) is 10.0 Å². The molecule has 2 aromatic rings. The first kappa shape index (κ1) is 13.9. The number of aliphatic hydroxyl groups is 1. The van der Waals surface area contributed by atoms with E-state index in [1.54, 1.807) is 35.7 Å². The van der Waals surface area contributed by atoms with Gasteiger partial charge in [0.15, 0.2) is 0 Å². The first-order chi connectivity index (χ1) is 9.07. The van der Waals surface area contributed by atoms with Crippen LogP contribution in [0.2, 0.25) is 0 Å². The van der Waals surface area contributed by atoms with Gasteiger partial charge in [-0.25, -0.2) is 8.42 Å². The monoisotopic (exact) mass is 298 g/mol. The van der Waals surface area contributed by atoms with Crippen molar-refractivity contribution in [2.24, 2.45) is 0 Å². The number of thiophene rings is 1. The van der Waals surface area contributed by atoms with Crippen molar-refractivity contribution in [1.29, 1.82) is 0 Å². The molecule has 1 aromatic carbocycles. The predicted octanol–water partition coefficient (Wildman–Crippen LogP) is 1.52. The van der Waals surface area contributed by atoms with Crippen molar-refractivity contribution >= 4 is 32.7 Å². The Morgan fingerprint density at radius 3 is 2.53 bits per heavy atom. The molecule has 102 valence electrons. The molecule has 19 heavy (non-hydrogen) atoms. The number of rotatable bonds is 5. The number of nitrogens with zero attached hydrogens (tertiary/aromatic N) is 1. The smallest absolute Gasteiger partial charge is 0.273 e. The Labute approximate surface area is 116 Å². The minimum Gasteiger partial charge on any atom is -0.397 e. The van der Waals surface area contributed by atoms with Crippen LogP contribution in [0.1, 0.15) is 0 Å². The molecule has 0 saturated heterocycles. The van der Waals surface area contributed by atoms with Crippen LogP contribution in [0.25, 0.3) is 0 Å². The SMILES string of the molecule is Nc1ccccc1N(CCO)S(=O)(=O)c1cccs1. The van der Waals surface area contributed by atoms with Crippen LogP contribution in [0.15, 0.2) is 46.0 Å². The van der Waals surface area contributed by atoms with Gasteiger partial charge in [0.05, 0.1) is 24.5 Å². The first-order valence-electron chi connectivity index (χ1n) is 5.59. The lowest BCUT2D eigenvalue weighted by Crippen LogP contribution is -2.33. The number of nitrogens with two attached hydrogens (primary N) is 1. The summed E-state index contributed by atoms with van der Waals surface area (Å²) in [4.78, 5) is 0. The van der Waals surface area contributed by atoms with Gasteiger partial charge in [-0.05, 0) is 23.6 Å². The van der Waals surface area contributed by atoms with E-state index in [0.717, 1.165) is 15.6 Å². The highest BCUT2D eigenvalue weighted by Crippen LogP contribution is 2.29. The zero-order valence-corrected chi connectivity index (χ0v) is 11.7. The zero-order valence-electron chi connectivity index (χ0n) is 10.1. The maximum atomic E-state index is 12.5. The summed E-state index contributed by atoms with van der Waals surface area (Å²) < 4.78 is 26.4. The summed E-state index contributed by atoms with van der Waals surface area (Å²) >= 11 is 1.13. The van der Waals surface area contributed by atoms with Crippen molar-refractivity contribution in [3.8, 4) is 0 Å². The van der Waals surface area contributed by atoms with E-state index in [-0.39, 0.29) is 17.4 Å². The second-order valence-electron chi connectivity index (χ2n) is 3.79. The van der Waals surface area contributed by atoms with Gasteiger partial charge in [0.1, 0.15) is 4.21 Å². The Balaban J connectivity index is 2.50. The molecular weight excluding hydrogens is 284 g/mol. The number of anilines is 2. The Bertz CT molecular complexity index is 639. The summed E-state index contributed by atoms with van der Waals surface area (Å²) in [6.45, 7) is -0.312. The number of benzene rings is 1. The molecule has 0 fully saturated rings. The molecule has 0 aliphatic heterocycles. The third kappa shape index (κ3) is 2.73. The molecular formula is C12H14N2O3S2. The molecule has 1 aromatic heterocycles. The van der Waals surface area contributed by atoms with Crippen molar-refractivity contribution in [1.82, 2.24) is 0 Å². The highest BCUT2D eigenvalue weighted by atomic mass is 32.2. The molecule has 0 spiro atoms. The van der Waals surface area contributed by atoms with Gasteiger partial charge >= 0.3 is 0 Å². The minimum atomic E-state index is -3.68. The van der Waals surface area contributed by atoms with E-state index in [9.17, 15) is 8.42 Å². The highest BCUT2D eigenvalue weighted by Gasteiger charge is 2.26. The summed E-state index contributed by atoms with van der Waals surface area (Å²) in [5.41, 5.74) is 6.55. The third-order valence-corrected chi connectivity index (χ3v) is 5.73. The van der Waals surface area contributed by atoms with Gasteiger partial charge in [-0.3, -0.25) is 4.31 Å². The normalized spacial score (nSPS) is 11.4. The maximum absolute atomic E-state index is 12.5. The van der Waals surface area contributed by atoms with Crippen LogP contribution in [0.4, 0.5) is 11.4 Å². The van der Waals surface area contributed by atoms with Gasteiger partial charge in [-0.1, -0.05) is 18.2 Å². The zero-order chi connectivity index (χ0) is 13.9. The van der Waals surface area contributed by atoms with Crippen molar-refractivity contribution in [3.05, 3.63) is 41.8 Å². The van der Waals surface area contributed by atoms with E-state index in [1.165, 1.54) is 6.07 Å². The molecule has 3 N–H and O–H groups in total. The van der Waals surface area contributed by atoms with E-state index in [1.807, 2.05) is 0 Å². The molecule has 0 saturated carbocycles. The van der Waals surface area contributed by atoms with Gasteiger partial charge < -0.3 is 10.8 Å². The second kappa shape index (κ2) is 5.60. The van der Waals surface area contributed by atoms with E-state index in [4.69, 9.17) is 10.8 Å². The summed E-state index contributed by atoms with van der Waals surface area (Å²) in [6.07, 6.45) is 0. The predicted molar refractivity (Wildman–Crippen MR) is 76.8 cm³/mol. The number of nitrogen functional groups attached to an aromatic ring is 1. The van der Waals surface area contributed by atoms with Gasteiger partial charge in [0.2, 0.25) is 0 Å². The Hall–Kier alpha value is -1.57. The number of aliphatic hydroxyl groups excluding tert-OH is 1. The fraction of sp³-hybridized carbons (Fsp3) is 0.167. The summed E-state index contributed by atoms with van der Waals surface area (Å²) in [7, 11) is -3.68. The fourth-order valence-corrected chi connectivity index (χ4v) is 4.28. The molecule has 1 heterocycles. The Kier molecular flexibility index (Phi) is 4.08. The van der Waals surface area contributed by atoms with Crippen LogP contribution in [-0.2, 0) is 10.0 Å². The fourth-order valence-electron chi connectivity index (χ4n) is 1.69. The van der Waals surface area contributed by atoms with Crippen LogP contribution in [0.5, 0.6) is 0 Å². The molecule has 0 bridgehead atoms. The maximum Gasteiger partial charge on any atom is 0.273 e.